The van der Waals surface area contributed by atoms with Crippen molar-refractivity contribution in [2.45, 2.75) is 58.8 Å². The fourth-order valence-corrected chi connectivity index (χ4v) is 4.14. The highest BCUT2D eigenvalue weighted by atomic mass is 16.2. The van der Waals surface area contributed by atoms with Crippen molar-refractivity contribution in [3.8, 4) is 0 Å². The molecular weight excluding hydrogens is 260 g/mol. The molecule has 0 aromatic heterocycles. The second-order valence-corrected chi connectivity index (χ2v) is 7.05. The summed E-state index contributed by atoms with van der Waals surface area (Å²) in [5.74, 6) is 0.496. The highest BCUT2D eigenvalue weighted by molar-refractivity contribution is 6.14. The van der Waals surface area contributed by atoms with E-state index in [1.807, 2.05) is 13.8 Å². The van der Waals surface area contributed by atoms with Crippen molar-refractivity contribution in [2.75, 3.05) is 0 Å². The largest absolute Gasteiger partial charge is 0.298 e. The fourth-order valence-electron chi connectivity index (χ4n) is 4.14. The molecule has 3 rings (SSSR count). The van der Waals surface area contributed by atoms with E-state index in [0.29, 0.717) is 12.3 Å². The van der Waals surface area contributed by atoms with Crippen molar-refractivity contribution in [1.29, 1.82) is 0 Å². The molecular formula is C19H24O2. The molecule has 2 fully saturated rings. The topological polar surface area (TPSA) is 34.1 Å². The molecule has 0 radical (unpaired) electrons. The van der Waals surface area contributed by atoms with E-state index in [1.54, 1.807) is 0 Å². The van der Waals surface area contributed by atoms with E-state index >= 15 is 0 Å². The molecule has 0 aliphatic heterocycles. The minimum absolute atomic E-state index is 0.0205. The number of hydrogen-bond acceptors (Lipinski definition) is 2. The predicted octanol–water partition coefficient (Wildman–Crippen LogP) is 4.04. The number of aryl methyl sites for hydroxylation is 3. The van der Waals surface area contributed by atoms with Crippen LogP contribution in [0.15, 0.2) is 12.1 Å². The molecule has 0 heterocycles. The Labute approximate surface area is 126 Å². The summed E-state index contributed by atoms with van der Waals surface area (Å²) >= 11 is 0. The van der Waals surface area contributed by atoms with Crippen LogP contribution in [0.2, 0.25) is 0 Å². The van der Waals surface area contributed by atoms with Crippen LogP contribution >= 0.6 is 0 Å². The third-order valence-corrected chi connectivity index (χ3v) is 5.33. The van der Waals surface area contributed by atoms with Crippen LogP contribution in [0.25, 0.3) is 0 Å². The quantitative estimate of drug-likeness (QED) is 0.785. The molecule has 0 saturated heterocycles. The summed E-state index contributed by atoms with van der Waals surface area (Å²) in [6.07, 6.45) is 5.17. The molecule has 2 aliphatic carbocycles. The van der Waals surface area contributed by atoms with E-state index in [2.05, 4.69) is 19.1 Å². The lowest BCUT2D eigenvalue weighted by Crippen LogP contribution is -2.21. The van der Waals surface area contributed by atoms with Gasteiger partial charge in [-0.2, -0.15) is 0 Å². The highest BCUT2D eigenvalue weighted by Gasteiger charge is 2.44. The van der Waals surface area contributed by atoms with Gasteiger partial charge in [0.15, 0.2) is 5.78 Å². The summed E-state index contributed by atoms with van der Waals surface area (Å²) < 4.78 is 0. The van der Waals surface area contributed by atoms with Gasteiger partial charge in [-0.05, 0) is 49.8 Å². The van der Waals surface area contributed by atoms with Crippen molar-refractivity contribution in [3.63, 3.8) is 0 Å². The van der Waals surface area contributed by atoms with Crippen molar-refractivity contribution in [3.05, 3.63) is 34.4 Å². The van der Waals surface area contributed by atoms with Crippen molar-refractivity contribution in [2.24, 2.45) is 11.8 Å². The van der Waals surface area contributed by atoms with Gasteiger partial charge in [-0.1, -0.05) is 37.0 Å². The Balaban J connectivity index is 1.88. The van der Waals surface area contributed by atoms with Crippen LogP contribution < -0.4 is 0 Å². The molecule has 0 amide bonds. The van der Waals surface area contributed by atoms with Crippen molar-refractivity contribution >= 4 is 11.6 Å². The number of carbonyl (C=O) groups excluding carboxylic acids is 2. The van der Waals surface area contributed by atoms with Gasteiger partial charge in [-0.15, -0.1) is 0 Å². The van der Waals surface area contributed by atoms with Crippen LogP contribution in [0.5, 0.6) is 0 Å². The maximum Gasteiger partial charge on any atom is 0.151 e. The molecule has 2 heteroatoms. The van der Waals surface area contributed by atoms with Gasteiger partial charge in [-0.3, -0.25) is 9.59 Å². The number of carbonyl (C=O) groups is 2. The lowest BCUT2D eigenvalue weighted by Gasteiger charge is -2.27. The summed E-state index contributed by atoms with van der Waals surface area (Å²) in [6.45, 7) is 6.10. The lowest BCUT2D eigenvalue weighted by atomic mass is 9.77. The maximum atomic E-state index is 12.8. The molecule has 2 aliphatic rings. The average Bonchev–Trinajstić information content (AvgIpc) is 2.60. The summed E-state index contributed by atoms with van der Waals surface area (Å²) in [5.41, 5.74) is 4.34. The molecule has 112 valence electrons. The first-order chi connectivity index (χ1) is 9.97. The molecule has 2 saturated carbocycles. The first-order valence-electron chi connectivity index (χ1n) is 8.11. The Morgan fingerprint density at radius 2 is 1.67 bits per heavy atom. The molecule has 1 aromatic carbocycles. The Bertz CT molecular complexity index is 573. The van der Waals surface area contributed by atoms with Gasteiger partial charge in [0, 0.05) is 12.3 Å². The average molecular weight is 284 g/mol. The second-order valence-electron chi connectivity index (χ2n) is 7.05. The highest BCUT2D eigenvalue weighted by Crippen LogP contribution is 2.41. The van der Waals surface area contributed by atoms with E-state index in [-0.39, 0.29) is 17.5 Å². The molecule has 2 atom stereocenters. The van der Waals surface area contributed by atoms with Crippen LogP contribution in [0.3, 0.4) is 0 Å². The zero-order valence-electron chi connectivity index (χ0n) is 13.2. The van der Waals surface area contributed by atoms with Crippen LogP contribution in [0.1, 0.15) is 60.3 Å². The molecule has 0 spiro atoms. The summed E-state index contributed by atoms with van der Waals surface area (Å²) in [6, 6.07) is 4.17. The Hall–Kier alpha value is -1.44. The first-order valence-corrected chi connectivity index (χ1v) is 8.11. The van der Waals surface area contributed by atoms with E-state index < -0.39 is 5.92 Å². The smallest absolute Gasteiger partial charge is 0.151 e. The Morgan fingerprint density at radius 1 is 1.05 bits per heavy atom. The van der Waals surface area contributed by atoms with Gasteiger partial charge in [0.1, 0.15) is 11.7 Å². The second kappa shape index (κ2) is 5.40. The van der Waals surface area contributed by atoms with E-state index in [1.165, 1.54) is 24.8 Å². The normalized spacial score (nSPS) is 26.2. The predicted molar refractivity (Wildman–Crippen MR) is 83.5 cm³/mol. The molecule has 0 bridgehead atoms. The monoisotopic (exact) mass is 284 g/mol. The van der Waals surface area contributed by atoms with Crippen molar-refractivity contribution in [1.82, 2.24) is 0 Å². The van der Waals surface area contributed by atoms with E-state index in [0.717, 1.165) is 23.1 Å². The van der Waals surface area contributed by atoms with Crippen LogP contribution in [0.4, 0.5) is 0 Å². The zero-order chi connectivity index (χ0) is 15.1. The van der Waals surface area contributed by atoms with E-state index in [9.17, 15) is 9.59 Å². The third-order valence-electron chi connectivity index (χ3n) is 5.33. The van der Waals surface area contributed by atoms with Gasteiger partial charge >= 0.3 is 0 Å². The summed E-state index contributed by atoms with van der Waals surface area (Å²) in [7, 11) is 0. The zero-order valence-corrected chi connectivity index (χ0v) is 13.2. The minimum Gasteiger partial charge on any atom is -0.298 e. The van der Waals surface area contributed by atoms with Gasteiger partial charge in [0.25, 0.3) is 0 Å². The number of rotatable bonds is 3. The van der Waals surface area contributed by atoms with Crippen molar-refractivity contribution < 1.29 is 9.59 Å². The van der Waals surface area contributed by atoms with Gasteiger partial charge in [-0.25, -0.2) is 0 Å². The molecule has 2 unspecified atom stereocenters. The summed E-state index contributed by atoms with van der Waals surface area (Å²) in [5, 5.41) is 0. The van der Waals surface area contributed by atoms with E-state index in [4.69, 9.17) is 0 Å². The Kier molecular flexibility index (Phi) is 3.73. The van der Waals surface area contributed by atoms with Gasteiger partial charge < -0.3 is 0 Å². The van der Waals surface area contributed by atoms with Gasteiger partial charge in [0.2, 0.25) is 0 Å². The SMILES string of the molecule is Cc1cc(C)c(C2C(=O)CC(CC3CCC3)C2=O)c(C)c1. The standard InChI is InChI=1S/C19H24O2/c1-11-7-12(2)17(13(3)8-11)18-16(20)10-15(19(18)21)9-14-5-4-6-14/h7-8,14-15,18H,4-6,9-10H2,1-3H3. The molecule has 21 heavy (non-hydrogen) atoms. The number of ketones is 2. The number of benzene rings is 1. The Morgan fingerprint density at radius 3 is 2.19 bits per heavy atom. The first kappa shape index (κ1) is 14.5. The lowest BCUT2D eigenvalue weighted by molar-refractivity contribution is -0.125. The third kappa shape index (κ3) is 2.56. The fraction of sp³-hybridized carbons (Fsp3) is 0.579. The van der Waals surface area contributed by atoms with Crippen LogP contribution in [-0.2, 0) is 9.59 Å². The summed E-state index contributed by atoms with van der Waals surface area (Å²) in [4.78, 5) is 25.2. The molecule has 1 aromatic rings. The minimum atomic E-state index is -0.490. The number of hydrogen-bond donors (Lipinski definition) is 0. The van der Waals surface area contributed by atoms with Crippen LogP contribution in [-0.4, -0.2) is 11.6 Å². The maximum absolute atomic E-state index is 12.8. The number of Topliss-reactive ketones (excluding diaryl/α,β-unsaturated/α-hetero) is 2. The van der Waals surface area contributed by atoms with Crippen LogP contribution in [0, 0.1) is 32.6 Å². The van der Waals surface area contributed by atoms with Gasteiger partial charge in [0.05, 0.1) is 0 Å². The molecule has 2 nitrogen and oxygen atoms in total. The molecule has 0 N–H and O–H groups in total.